The fourth-order valence-corrected chi connectivity index (χ4v) is 2.84. The number of aliphatic hydroxyl groups excluding tert-OH is 1. The molecule has 1 heterocycles. The summed E-state index contributed by atoms with van der Waals surface area (Å²) in [6, 6.07) is 10.0. The molecule has 122 valence electrons. The van der Waals surface area contributed by atoms with Gasteiger partial charge in [0.15, 0.2) is 0 Å². The van der Waals surface area contributed by atoms with Gasteiger partial charge in [0, 0.05) is 6.42 Å². The highest BCUT2D eigenvalue weighted by Crippen LogP contribution is 2.22. The van der Waals surface area contributed by atoms with E-state index in [9.17, 15) is 9.90 Å². The Kier molecular flexibility index (Phi) is 6.40. The molecular formula is C18H27NO3. The minimum atomic E-state index is -0.487. The second kappa shape index (κ2) is 8.30. The van der Waals surface area contributed by atoms with Crippen LogP contribution in [0.25, 0.3) is 0 Å². The third-order valence-electron chi connectivity index (χ3n) is 4.42. The third kappa shape index (κ3) is 5.11. The van der Waals surface area contributed by atoms with Crippen LogP contribution in [-0.2, 0) is 16.1 Å². The monoisotopic (exact) mass is 305 g/mol. The molecule has 1 aromatic carbocycles. The summed E-state index contributed by atoms with van der Waals surface area (Å²) in [5.74, 6) is 0.768. The molecular weight excluding hydrogens is 278 g/mol. The first-order chi connectivity index (χ1) is 10.6. The molecule has 4 heteroatoms. The van der Waals surface area contributed by atoms with Crippen LogP contribution >= 0.6 is 0 Å². The van der Waals surface area contributed by atoms with E-state index in [0.29, 0.717) is 32.0 Å². The van der Waals surface area contributed by atoms with Gasteiger partial charge in [0.05, 0.1) is 25.4 Å². The Labute approximate surface area is 132 Å². The van der Waals surface area contributed by atoms with Gasteiger partial charge in [-0.15, -0.1) is 0 Å². The normalized spacial score (nSPS) is 20.9. The summed E-state index contributed by atoms with van der Waals surface area (Å²) >= 11 is 0. The average molecular weight is 305 g/mol. The summed E-state index contributed by atoms with van der Waals surface area (Å²) in [5, 5.41) is 13.2. The van der Waals surface area contributed by atoms with Crippen LogP contribution in [0.2, 0.25) is 0 Å². The summed E-state index contributed by atoms with van der Waals surface area (Å²) in [6.45, 7) is 5.53. The number of nitrogens with one attached hydrogen (secondary N) is 1. The fraction of sp³-hybridized carbons (Fsp3) is 0.611. The van der Waals surface area contributed by atoms with Crippen molar-refractivity contribution < 1.29 is 14.6 Å². The Balaban J connectivity index is 1.78. The molecule has 0 bridgehead atoms. The maximum atomic E-state index is 11.3. The molecule has 1 amide bonds. The zero-order chi connectivity index (χ0) is 15.9. The van der Waals surface area contributed by atoms with Crippen molar-refractivity contribution in [3.63, 3.8) is 0 Å². The number of hydrogen-bond donors (Lipinski definition) is 2. The predicted molar refractivity (Wildman–Crippen MR) is 86.2 cm³/mol. The molecule has 1 aliphatic heterocycles. The summed E-state index contributed by atoms with van der Waals surface area (Å²) in [7, 11) is 0. The molecule has 1 saturated heterocycles. The predicted octanol–water partition coefficient (Wildman–Crippen LogP) is 2.50. The SMILES string of the molecule is CC(C)[C@@H](COCc1ccccc1)C[C@H](O)C1CCC(=O)N1. The summed E-state index contributed by atoms with van der Waals surface area (Å²) in [5.41, 5.74) is 1.16. The number of aliphatic hydroxyl groups is 1. The Morgan fingerprint density at radius 3 is 2.64 bits per heavy atom. The van der Waals surface area contributed by atoms with Crippen molar-refractivity contribution in [1.82, 2.24) is 5.32 Å². The molecule has 0 spiro atoms. The van der Waals surface area contributed by atoms with E-state index in [0.717, 1.165) is 12.0 Å². The maximum absolute atomic E-state index is 11.3. The molecule has 2 N–H and O–H groups in total. The molecule has 1 unspecified atom stereocenters. The van der Waals surface area contributed by atoms with Crippen LogP contribution in [0.4, 0.5) is 0 Å². The van der Waals surface area contributed by atoms with Crippen LogP contribution in [0.1, 0.15) is 38.7 Å². The van der Waals surface area contributed by atoms with Gasteiger partial charge >= 0.3 is 0 Å². The largest absolute Gasteiger partial charge is 0.391 e. The summed E-state index contributed by atoms with van der Waals surface area (Å²) < 4.78 is 5.83. The van der Waals surface area contributed by atoms with E-state index in [4.69, 9.17) is 4.74 Å². The number of carbonyl (C=O) groups is 1. The minimum Gasteiger partial charge on any atom is -0.391 e. The second-order valence-electron chi connectivity index (χ2n) is 6.52. The van der Waals surface area contributed by atoms with Gasteiger partial charge in [0.25, 0.3) is 0 Å². The van der Waals surface area contributed by atoms with E-state index in [1.54, 1.807) is 0 Å². The Bertz CT molecular complexity index is 461. The van der Waals surface area contributed by atoms with Crippen LogP contribution in [0, 0.1) is 11.8 Å². The van der Waals surface area contributed by atoms with Crippen LogP contribution in [0.15, 0.2) is 30.3 Å². The van der Waals surface area contributed by atoms with Crippen LogP contribution in [0.3, 0.4) is 0 Å². The fourth-order valence-electron chi connectivity index (χ4n) is 2.84. The summed E-state index contributed by atoms with van der Waals surface area (Å²) in [4.78, 5) is 11.3. The highest BCUT2D eigenvalue weighted by molar-refractivity contribution is 5.78. The van der Waals surface area contributed by atoms with Gasteiger partial charge in [-0.2, -0.15) is 0 Å². The molecule has 0 radical (unpaired) electrons. The van der Waals surface area contributed by atoms with E-state index in [-0.39, 0.29) is 17.9 Å². The number of carbonyl (C=O) groups excluding carboxylic acids is 1. The third-order valence-corrected chi connectivity index (χ3v) is 4.42. The Morgan fingerprint density at radius 1 is 1.32 bits per heavy atom. The van der Waals surface area contributed by atoms with Crippen molar-refractivity contribution in [2.75, 3.05) is 6.61 Å². The van der Waals surface area contributed by atoms with Crippen LogP contribution in [0.5, 0.6) is 0 Å². The van der Waals surface area contributed by atoms with Crippen molar-refractivity contribution in [3.8, 4) is 0 Å². The Hall–Kier alpha value is -1.39. The van der Waals surface area contributed by atoms with Gasteiger partial charge in [-0.3, -0.25) is 4.79 Å². The molecule has 1 aliphatic rings. The lowest BCUT2D eigenvalue weighted by Crippen LogP contribution is -2.38. The van der Waals surface area contributed by atoms with Gasteiger partial charge in [-0.05, 0) is 30.2 Å². The zero-order valence-electron chi connectivity index (χ0n) is 13.5. The van der Waals surface area contributed by atoms with E-state index < -0.39 is 6.10 Å². The molecule has 1 aromatic rings. The number of ether oxygens (including phenoxy) is 1. The number of amides is 1. The van der Waals surface area contributed by atoms with E-state index in [2.05, 4.69) is 19.2 Å². The second-order valence-corrected chi connectivity index (χ2v) is 6.52. The molecule has 0 saturated carbocycles. The molecule has 1 fully saturated rings. The molecule has 0 aliphatic carbocycles. The number of hydrogen-bond acceptors (Lipinski definition) is 3. The van der Waals surface area contributed by atoms with Crippen LogP contribution < -0.4 is 5.32 Å². The zero-order valence-corrected chi connectivity index (χ0v) is 13.5. The minimum absolute atomic E-state index is 0.0467. The molecule has 2 rings (SSSR count). The van der Waals surface area contributed by atoms with E-state index in [1.165, 1.54) is 0 Å². The first kappa shape index (κ1) is 17.0. The van der Waals surface area contributed by atoms with Gasteiger partial charge in [0.2, 0.25) is 5.91 Å². The topological polar surface area (TPSA) is 58.6 Å². The lowest BCUT2D eigenvalue weighted by molar-refractivity contribution is -0.119. The Morgan fingerprint density at radius 2 is 2.05 bits per heavy atom. The van der Waals surface area contributed by atoms with Crippen LogP contribution in [-0.4, -0.2) is 29.8 Å². The highest BCUT2D eigenvalue weighted by Gasteiger charge is 2.30. The molecule has 0 aromatic heterocycles. The van der Waals surface area contributed by atoms with Crippen molar-refractivity contribution in [2.24, 2.45) is 11.8 Å². The van der Waals surface area contributed by atoms with Gasteiger partial charge in [-0.1, -0.05) is 44.2 Å². The molecule has 22 heavy (non-hydrogen) atoms. The van der Waals surface area contributed by atoms with Crippen molar-refractivity contribution in [3.05, 3.63) is 35.9 Å². The van der Waals surface area contributed by atoms with Gasteiger partial charge < -0.3 is 15.2 Å². The number of rotatable bonds is 8. The van der Waals surface area contributed by atoms with E-state index >= 15 is 0 Å². The standard InChI is InChI=1S/C18H27NO3/c1-13(2)15(10-17(20)16-8-9-18(21)19-16)12-22-11-14-6-4-3-5-7-14/h3-7,13,15-17,20H,8-12H2,1-2H3,(H,19,21)/t15-,16?,17+/m1/s1. The first-order valence-corrected chi connectivity index (χ1v) is 8.15. The quantitative estimate of drug-likeness (QED) is 0.776. The molecule has 3 atom stereocenters. The van der Waals surface area contributed by atoms with Gasteiger partial charge in [0.1, 0.15) is 0 Å². The number of benzene rings is 1. The van der Waals surface area contributed by atoms with Crippen molar-refractivity contribution in [2.45, 2.75) is 51.9 Å². The average Bonchev–Trinajstić information content (AvgIpc) is 2.93. The molecule has 4 nitrogen and oxygen atoms in total. The van der Waals surface area contributed by atoms with Crippen molar-refractivity contribution >= 4 is 5.91 Å². The van der Waals surface area contributed by atoms with Crippen molar-refractivity contribution in [1.29, 1.82) is 0 Å². The summed E-state index contributed by atoms with van der Waals surface area (Å²) in [6.07, 6.45) is 1.44. The van der Waals surface area contributed by atoms with E-state index in [1.807, 2.05) is 30.3 Å². The highest BCUT2D eigenvalue weighted by atomic mass is 16.5. The maximum Gasteiger partial charge on any atom is 0.220 e. The lowest BCUT2D eigenvalue weighted by atomic mass is 9.88. The first-order valence-electron chi connectivity index (χ1n) is 8.15. The lowest BCUT2D eigenvalue weighted by Gasteiger charge is -2.26. The smallest absolute Gasteiger partial charge is 0.220 e. The van der Waals surface area contributed by atoms with Gasteiger partial charge in [-0.25, -0.2) is 0 Å².